The third kappa shape index (κ3) is 5.00. The summed E-state index contributed by atoms with van der Waals surface area (Å²) in [5.74, 6) is 0.262. The SMILES string of the molecule is Cc1ccc(C)c(OCC(=O)N2CCN(C(=O)Nc3ccc(F)cc3)CC2)c1. The first-order valence-electron chi connectivity index (χ1n) is 9.22. The van der Waals surface area contributed by atoms with E-state index in [9.17, 15) is 14.0 Å². The molecule has 1 aliphatic rings. The van der Waals surface area contributed by atoms with E-state index >= 15 is 0 Å². The van der Waals surface area contributed by atoms with E-state index in [1.54, 1.807) is 9.80 Å². The molecule has 0 atom stereocenters. The average molecular weight is 385 g/mol. The number of urea groups is 1. The van der Waals surface area contributed by atoms with Crippen molar-refractivity contribution >= 4 is 17.6 Å². The van der Waals surface area contributed by atoms with E-state index in [0.717, 1.165) is 11.1 Å². The number of amides is 3. The molecule has 3 rings (SSSR count). The zero-order valence-electron chi connectivity index (χ0n) is 16.1. The highest BCUT2D eigenvalue weighted by molar-refractivity contribution is 5.89. The molecule has 0 spiro atoms. The van der Waals surface area contributed by atoms with E-state index in [1.165, 1.54) is 24.3 Å². The monoisotopic (exact) mass is 385 g/mol. The van der Waals surface area contributed by atoms with E-state index < -0.39 is 0 Å². The lowest BCUT2D eigenvalue weighted by molar-refractivity contribution is -0.134. The van der Waals surface area contributed by atoms with Crippen LogP contribution in [0.15, 0.2) is 42.5 Å². The van der Waals surface area contributed by atoms with Crippen LogP contribution in [0.2, 0.25) is 0 Å². The molecule has 0 radical (unpaired) electrons. The fraction of sp³-hybridized carbons (Fsp3) is 0.333. The second kappa shape index (κ2) is 8.73. The van der Waals surface area contributed by atoms with Gasteiger partial charge in [-0.15, -0.1) is 0 Å². The van der Waals surface area contributed by atoms with Crippen LogP contribution in [-0.2, 0) is 4.79 Å². The molecule has 0 aromatic heterocycles. The standard InChI is InChI=1S/C21H24FN3O3/c1-15-3-4-16(2)19(13-15)28-14-20(26)24-9-11-25(12-10-24)21(27)23-18-7-5-17(22)6-8-18/h3-8,13H,9-12,14H2,1-2H3,(H,23,27). The summed E-state index contributed by atoms with van der Waals surface area (Å²) >= 11 is 0. The van der Waals surface area contributed by atoms with Gasteiger partial charge in [0.05, 0.1) is 0 Å². The molecule has 1 N–H and O–H groups in total. The zero-order chi connectivity index (χ0) is 20.1. The summed E-state index contributed by atoms with van der Waals surface area (Å²) in [6.45, 7) is 5.66. The number of ether oxygens (including phenoxy) is 1. The molecule has 0 aliphatic carbocycles. The van der Waals surface area contributed by atoms with Crippen molar-refractivity contribution in [3.63, 3.8) is 0 Å². The molecule has 28 heavy (non-hydrogen) atoms. The third-order valence-electron chi connectivity index (χ3n) is 4.71. The van der Waals surface area contributed by atoms with Crippen LogP contribution in [0.1, 0.15) is 11.1 Å². The van der Waals surface area contributed by atoms with Gasteiger partial charge in [-0.05, 0) is 55.3 Å². The van der Waals surface area contributed by atoms with Crippen molar-refractivity contribution in [3.05, 3.63) is 59.4 Å². The fourth-order valence-electron chi connectivity index (χ4n) is 2.99. The van der Waals surface area contributed by atoms with Crippen molar-refractivity contribution < 1.29 is 18.7 Å². The Balaban J connectivity index is 1.46. The van der Waals surface area contributed by atoms with E-state index in [0.29, 0.717) is 37.6 Å². The number of rotatable bonds is 4. The Morgan fingerprint density at radius 3 is 2.32 bits per heavy atom. The van der Waals surface area contributed by atoms with Crippen molar-refractivity contribution in [1.82, 2.24) is 9.80 Å². The molecule has 0 unspecified atom stereocenters. The molecular weight excluding hydrogens is 361 g/mol. The first-order chi connectivity index (χ1) is 13.4. The van der Waals surface area contributed by atoms with E-state index in [4.69, 9.17) is 4.74 Å². The van der Waals surface area contributed by atoms with Gasteiger partial charge in [0.1, 0.15) is 11.6 Å². The molecule has 2 aromatic carbocycles. The van der Waals surface area contributed by atoms with Crippen LogP contribution >= 0.6 is 0 Å². The molecule has 6 nitrogen and oxygen atoms in total. The van der Waals surface area contributed by atoms with Crippen LogP contribution < -0.4 is 10.1 Å². The minimum absolute atomic E-state index is 0.0218. The normalized spacial score (nSPS) is 14.0. The smallest absolute Gasteiger partial charge is 0.321 e. The van der Waals surface area contributed by atoms with Gasteiger partial charge in [-0.25, -0.2) is 9.18 Å². The second-order valence-corrected chi connectivity index (χ2v) is 6.86. The summed E-state index contributed by atoms with van der Waals surface area (Å²) in [4.78, 5) is 28.1. The molecule has 0 bridgehead atoms. The number of hydrogen-bond donors (Lipinski definition) is 1. The van der Waals surface area contributed by atoms with Crippen molar-refractivity contribution in [2.75, 3.05) is 38.1 Å². The van der Waals surface area contributed by atoms with Gasteiger partial charge in [0.15, 0.2) is 6.61 Å². The summed E-state index contributed by atoms with van der Waals surface area (Å²) in [6, 6.07) is 11.2. The highest BCUT2D eigenvalue weighted by Gasteiger charge is 2.24. The van der Waals surface area contributed by atoms with Crippen molar-refractivity contribution in [3.8, 4) is 5.75 Å². The molecule has 1 heterocycles. The quantitative estimate of drug-likeness (QED) is 0.879. The van der Waals surface area contributed by atoms with Gasteiger partial charge >= 0.3 is 6.03 Å². The Hall–Kier alpha value is -3.09. The van der Waals surface area contributed by atoms with Crippen LogP contribution in [0.3, 0.4) is 0 Å². The van der Waals surface area contributed by atoms with Gasteiger partial charge in [0, 0.05) is 31.9 Å². The van der Waals surface area contributed by atoms with Gasteiger partial charge in [0.2, 0.25) is 0 Å². The summed E-state index contributed by atoms with van der Waals surface area (Å²) in [6.07, 6.45) is 0. The number of piperazine rings is 1. The summed E-state index contributed by atoms with van der Waals surface area (Å²) < 4.78 is 18.6. The van der Waals surface area contributed by atoms with E-state index in [2.05, 4.69) is 5.32 Å². The Kier molecular flexibility index (Phi) is 6.13. The highest BCUT2D eigenvalue weighted by atomic mass is 19.1. The predicted octanol–water partition coefficient (Wildman–Crippen LogP) is 3.20. The Labute approximate surface area is 163 Å². The lowest BCUT2D eigenvalue weighted by atomic mass is 10.1. The first kappa shape index (κ1) is 19.7. The first-order valence-corrected chi connectivity index (χ1v) is 9.22. The molecule has 3 amide bonds. The summed E-state index contributed by atoms with van der Waals surface area (Å²) in [5, 5.41) is 2.73. The molecule has 148 valence electrons. The maximum Gasteiger partial charge on any atom is 0.321 e. The Bertz CT molecular complexity index is 846. The number of carbonyl (C=O) groups excluding carboxylic acids is 2. The van der Waals surface area contributed by atoms with E-state index in [-0.39, 0.29) is 24.4 Å². The minimum Gasteiger partial charge on any atom is -0.483 e. The summed E-state index contributed by atoms with van der Waals surface area (Å²) in [7, 11) is 0. The third-order valence-corrected chi connectivity index (χ3v) is 4.71. The molecule has 7 heteroatoms. The summed E-state index contributed by atoms with van der Waals surface area (Å²) in [5.41, 5.74) is 2.60. The number of aryl methyl sites for hydroxylation is 2. The lowest BCUT2D eigenvalue weighted by Gasteiger charge is -2.34. The van der Waals surface area contributed by atoms with Gasteiger partial charge in [-0.1, -0.05) is 12.1 Å². The number of nitrogens with one attached hydrogen (secondary N) is 1. The number of benzene rings is 2. The van der Waals surface area contributed by atoms with Gasteiger partial charge in [-0.2, -0.15) is 0 Å². The number of hydrogen-bond acceptors (Lipinski definition) is 3. The minimum atomic E-state index is -0.354. The molecule has 0 saturated carbocycles. The maximum absolute atomic E-state index is 12.9. The number of nitrogens with zero attached hydrogens (tertiary/aromatic N) is 2. The van der Waals surface area contributed by atoms with Crippen LogP contribution in [-0.4, -0.2) is 54.5 Å². The highest BCUT2D eigenvalue weighted by Crippen LogP contribution is 2.19. The number of carbonyl (C=O) groups is 2. The molecule has 2 aromatic rings. The average Bonchev–Trinajstić information content (AvgIpc) is 2.70. The van der Waals surface area contributed by atoms with Crippen molar-refractivity contribution in [2.45, 2.75) is 13.8 Å². The number of halogens is 1. The Morgan fingerprint density at radius 1 is 1.00 bits per heavy atom. The second-order valence-electron chi connectivity index (χ2n) is 6.86. The van der Waals surface area contributed by atoms with E-state index in [1.807, 2.05) is 32.0 Å². The zero-order valence-corrected chi connectivity index (χ0v) is 16.1. The van der Waals surface area contributed by atoms with Gasteiger partial charge in [-0.3, -0.25) is 4.79 Å². The maximum atomic E-state index is 12.9. The molecule has 1 fully saturated rings. The van der Waals surface area contributed by atoms with Crippen molar-refractivity contribution in [2.24, 2.45) is 0 Å². The number of anilines is 1. The predicted molar refractivity (Wildman–Crippen MR) is 105 cm³/mol. The molecule has 1 aliphatic heterocycles. The van der Waals surface area contributed by atoms with Gasteiger partial charge < -0.3 is 19.9 Å². The largest absolute Gasteiger partial charge is 0.483 e. The molecule has 1 saturated heterocycles. The van der Waals surface area contributed by atoms with Crippen LogP contribution in [0.25, 0.3) is 0 Å². The van der Waals surface area contributed by atoms with Gasteiger partial charge in [0.25, 0.3) is 5.91 Å². The van der Waals surface area contributed by atoms with Crippen LogP contribution in [0.4, 0.5) is 14.9 Å². The van der Waals surface area contributed by atoms with Crippen molar-refractivity contribution in [1.29, 1.82) is 0 Å². The molecular formula is C21H24FN3O3. The lowest BCUT2D eigenvalue weighted by Crippen LogP contribution is -2.52. The van der Waals surface area contributed by atoms with Crippen LogP contribution in [0.5, 0.6) is 5.75 Å². The van der Waals surface area contributed by atoms with Crippen LogP contribution in [0, 0.1) is 19.7 Å². The Morgan fingerprint density at radius 2 is 1.64 bits per heavy atom. The topological polar surface area (TPSA) is 61.9 Å². The fourth-order valence-corrected chi connectivity index (χ4v) is 2.99.